The molecule has 110 valence electrons. The van der Waals surface area contributed by atoms with Crippen LogP contribution >= 0.6 is 0 Å². The van der Waals surface area contributed by atoms with Gasteiger partial charge in [0.05, 0.1) is 4.90 Å². The lowest BCUT2D eigenvalue weighted by Gasteiger charge is -2.22. The van der Waals surface area contributed by atoms with Gasteiger partial charge in [-0.05, 0) is 50.5 Å². The number of anilines is 1. The Morgan fingerprint density at radius 1 is 1.45 bits per heavy atom. The Bertz CT molecular complexity index is 655. The van der Waals surface area contributed by atoms with Crippen molar-refractivity contribution in [3.63, 3.8) is 0 Å². The van der Waals surface area contributed by atoms with Crippen molar-refractivity contribution < 1.29 is 13.3 Å². The van der Waals surface area contributed by atoms with Gasteiger partial charge in [-0.15, -0.1) is 0 Å². The largest absolute Gasteiger partial charge is 0.369 e. The van der Waals surface area contributed by atoms with Crippen LogP contribution in [0.2, 0.25) is 0 Å². The molecular weight excluding hydrogens is 280 g/mol. The molecule has 1 atom stereocenters. The number of benzene rings is 1. The van der Waals surface area contributed by atoms with Crippen LogP contribution < -0.4 is 4.90 Å². The number of sulfone groups is 1. The Hall–Kier alpha value is -1.63. The summed E-state index contributed by atoms with van der Waals surface area (Å²) in [4.78, 5) is 12.0. The van der Waals surface area contributed by atoms with E-state index in [0.717, 1.165) is 24.2 Å². The molecule has 1 unspecified atom stereocenters. The molecule has 0 saturated carbocycles. The van der Waals surface area contributed by atoms with Crippen molar-refractivity contribution in [2.45, 2.75) is 38.1 Å². The molecule has 0 N–H and O–H groups in total. The molecule has 1 aromatic carbocycles. The van der Waals surface area contributed by atoms with Gasteiger partial charge in [-0.25, -0.2) is 8.42 Å². The van der Waals surface area contributed by atoms with Gasteiger partial charge in [0.2, 0.25) is 9.84 Å². The van der Waals surface area contributed by atoms with Crippen molar-refractivity contribution in [3.8, 4) is 0 Å². The Balaban J connectivity index is 2.52. The minimum Gasteiger partial charge on any atom is -0.369 e. The molecule has 0 fully saturated rings. The Kier molecular flexibility index (Phi) is 3.73. The second-order valence-corrected chi connectivity index (χ2v) is 7.03. The third-order valence-electron chi connectivity index (χ3n) is 3.82. The molecule has 6 nitrogen and oxygen atoms in total. The molecule has 0 spiro atoms. The first-order valence-corrected chi connectivity index (χ1v) is 8.16. The molecule has 1 heterocycles. The lowest BCUT2D eigenvalue weighted by atomic mass is 10.0. The number of hydrogen-bond acceptors (Lipinski definition) is 5. The zero-order valence-corrected chi connectivity index (χ0v) is 12.6. The minimum atomic E-state index is -3.87. The fourth-order valence-corrected chi connectivity index (χ4v) is 4.20. The predicted octanol–water partition coefficient (Wildman–Crippen LogP) is 1.77. The first kappa shape index (κ1) is 14.8. The van der Waals surface area contributed by atoms with Crippen molar-refractivity contribution in [1.29, 1.82) is 0 Å². The van der Waals surface area contributed by atoms with Gasteiger partial charge in [-0.2, -0.15) is 0 Å². The smallest absolute Gasteiger partial charge is 0.305 e. The molecule has 7 heteroatoms. The maximum Gasteiger partial charge on any atom is 0.305 e. The van der Waals surface area contributed by atoms with Crippen LogP contribution in [0.25, 0.3) is 0 Å². The minimum absolute atomic E-state index is 0.0816. The van der Waals surface area contributed by atoms with E-state index in [-0.39, 0.29) is 4.90 Å². The van der Waals surface area contributed by atoms with E-state index in [1.54, 1.807) is 13.0 Å². The van der Waals surface area contributed by atoms with Gasteiger partial charge >= 0.3 is 5.88 Å². The summed E-state index contributed by atoms with van der Waals surface area (Å²) in [7, 11) is -3.87. The highest BCUT2D eigenvalue weighted by Crippen LogP contribution is 2.36. The summed E-state index contributed by atoms with van der Waals surface area (Å²) in [6.45, 7) is 6.73. The van der Waals surface area contributed by atoms with Crippen LogP contribution in [0.4, 0.5) is 5.69 Å². The van der Waals surface area contributed by atoms with Gasteiger partial charge in [-0.1, -0.05) is 0 Å². The summed E-state index contributed by atoms with van der Waals surface area (Å²) in [5.74, 6) is -1.06. The quantitative estimate of drug-likeness (QED) is 0.625. The summed E-state index contributed by atoms with van der Waals surface area (Å²) in [6, 6.07) is 3.58. The van der Waals surface area contributed by atoms with Crippen LogP contribution in [-0.4, -0.2) is 31.8 Å². The van der Waals surface area contributed by atoms with Crippen LogP contribution in [0, 0.1) is 17.0 Å². The van der Waals surface area contributed by atoms with E-state index in [1.165, 1.54) is 6.07 Å². The second kappa shape index (κ2) is 5.05. The molecule has 1 aliphatic heterocycles. The molecule has 0 radical (unpaired) electrons. The average molecular weight is 298 g/mol. The molecule has 2 rings (SSSR count). The molecule has 20 heavy (non-hydrogen) atoms. The van der Waals surface area contributed by atoms with Gasteiger partial charge in [0.1, 0.15) is 0 Å². The van der Waals surface area contributed by atoms with Crippen molar-refractivity contribution >= 4 is 15.5 Å². The highest BCUT2D eigenvalue weighted by Gasteiger charge is 2.31. The molecule has 1 aliphatic rings. The number of likely N-dealkylation sites (N-methyl/N-ethyl adjacent to an activating group) is 1. The Morgan fingerprint density at radius 3 is 2.65 bits per heavy atom. The first-order chi connectivity index (χ1) is 9.27. The molecule has 1 aromatic rings. The van der Waals surface area contributed by atoms with E-state index in [1.807, 2.05) is 0 Å². The van der Waals surface area contributed by atoms with Crippen molar-refractivity contribution in [3.05, 3.63) is 33.4 Å². The van der Waals surface area contributed by atoms with E-state index in [0.29, 0.717) is 11.6 Å². The van der Waals surface area contributed by atoms with Crippen molar-refractivity contribution in [2.24, 2.45) is 0 Å². The maximum absolute atomic E-state index is 12.0. The van der Waals surface area contributed by atoms with E-state index >= 15 is 0 Å². The zero-order valence-electron chi connectivity index (χ0n) is 11.8. The number of nitro groups is 1. The van der Waals surface area contributed by atoms with Gasteiger partial charge in [0.25, 0.3) is 0 Å². The lowest BCUT2D eigenvalue weighted by molar-refractivity contribution is -0.458. The average Bonchev–Trinajstić information content (AvgIpc) is 2.64. The van der Waals surface area contributed by atoms with E-state index < -0.39 is 20.6 Å². The Morgan fingerprint density at radius 2 is 2.10 bits per heavy atom. The predicted molar refractivity (Wildman–Crippen MR) is 76.4 cm³/mol. The monoisotopic (exact) mass is 298 g/mol. The van der Waals surface area contributed by atoms with Crippen LogP contribution in [0.15, 0.2) is 17.0 Å². The molecule has 0 bridgehead atoms. The normalized spacial score (nSPS) is 18.1. The highest BCUT2D eigenvalue weighted by molar-refractivity contribution is 7.91. The van der Waals surface area contributed by atoms with Gasteiger partial charge < -0.3 is 4.90 Å². The summed E-state index contributed by atoms with van der Waals surface area (Å²) in [6.07, 6.45) is 0.775. The fourth-order valence-electron chi connectivity index (χ4n) is 2.92. The molecule has 0 amide bonds. The van der Waals surface area contributed by atoms with Gasteiger partial charge in [0, 0.05) is 23.2 Å². The summed E-state index contributed by atoms with van der Waals surface area (Å²) in [5.41, 5.74) is 2.67. The van der Waals surface area contributed by atoms with Crippen molar-refractivity contribution in [1.82, 2.24) is 0 Å². The van der Waals surface area contributed by atoms with Crippen LogP contribution in [-0.2, 0) is 16.3 Å². The van der Waals surface area contributed by atoms with Crippen LogP contribution in [0.3, 0.4) is 0 Å². The third-order valence-corrected chi connectivity index (χ3v) is 5.48. The second-order valence-electron chi connectivity index (χ2n) is 5.10. The van der Waals surface area contributed by atoms with E-state index in [4.69, 9.17) is 0 Å². The first-order valence-electron chi connectivity index (χ1n) is 6.51. The number of hydrogen-bond donors (Lipinski definition) is 0. The summed E-state index contributed by atoms with van der Waals surface area (Å²) in [5, 5.41) is 10.5. The number of nitrogens with zero attached hydrogens (tertiary/aromatic N) is 2. The highest BCUT2D eigenvalue weighted by atomic mass is 32.2. The Labute approximate surface area is 118 Å². The molecule has 0 aliphatic carbocycles. The van der Waals surface area contributed by atoms with E-state index in [9.17, 15) is 18.5 Å². The summed E-state index contributed by atoms with van der Waals surface area (Å²) >= 11 is 0. The topological polar surface area (TPSA) is 80.5 Å². The van der Waals surface area contributed by atoms with E-state index in [2.05, 4.69) is 18.7 Å². The van der Waals surface area contributed by atoms with Crippen molar-refractivity contribution in [2.75, 3.05) is 17.3 Å². The SMILES string of the molecule is CCN1c2ccc(S(=O)(=O)C[N+](=O)[O-])c(C)c2CC1C. The fraction of sp³-hybridized carbons (Fsp3) is 0.538. The van der Waals surface area contributed by atoms with Crippen LogP contribution in [0.5, 0.6) is 0 Å². The number of fused-ring (bicyclic) bond motifs is 1. The molecular formula is C13H18N2O4S. The summed E-state index contributed by atoms with van der Waals surface area (Å²) < 4.78 is 24.1. The number of rotatable bonds is 4. The molecule has 0 aromatic heterocycles. The lowest BCUT2D eigenvalue weighted by Crippen LogP contribution is -2.28. The third kappa shape index (κ3) is 2.37. The molecule has 0 saturated heterocycles. The van der Waals surface area contributed by atoms with Gasteiger partial charge in [0.15, 0.2) is 0 Å². The van der Waals surface area contributed by atoms with Gasteiger partial charge in [-0.3, -0.25) is 10.1 Å². The zero-order chi connectivity index (χ0) is 15.1. The maximum atomic E-state index is 12.0. The standard InChI is InChI=1S/C13H18N2O4S/c1-4-14-9(2)7-11-10(3)13(6-5-12(11)14)20(18,19)8-15(16)17/h5-6,9H,4,7-8H2,1-3H3. The van der Waals surface area contributed by atoms with Crippen LogP contribution in [0.1, 0.15) is 25.0 Å².